The van der Waals surface area contributed by atoms with Crippen LogP contribution in [-0.2, 0) is 11.3 Å². The molecule has 2 aromatic heterocycles. The Morgan fingerprint density at radius 3 is 2.85 bits per heavy atom. The van der Waals surface area contributed by atoms with E-state index in [1.165, 1.54) is 16.9 Å². The van der Waals surface area contributed by atoms with Gasteiger partial charge in [0, 0.05) is 22.3 Å². The van der Waals surface area contributed by atoms with E-state index in [1.807, 2.05) is 0 Å². The van der Waals surface area contributed by atoms with Crippen molar-refractivity contribution in [1.29, 1.82) is 0 Å². The highest BCUT2D eigenvalue weighted by molar-refractivity contribution is 6.31. The standard InChI is InChI=1S/C19H14ClFN4O2/c1-10-2-4-12(7-15(10)21)23-17(26)9-25-19(27)14-8-22-16-5-3-11(20)6-13(16)18(14)24-25/h2-8,24H,9H2,1H3,(H,23,26). The highest BCUT2D eigenvalue weighted by atomic mass is 35.5. The normalized spacial score (nSPS) is 11.2. The fourth-order valence-corrected chi connectivity index (χ4v) is 3.08. The Hall–Kier alpha value is -3.19. The van der Waals surface area contributed by atoms with Gasteiger partial charge in [0.05, 0.1) is 16.4 Å². The molecule has 0 atom stereocenters. The molecule has 27 heavy (non-hydrogen) atoms. The minimum absolute atomic E-state index is 0.245. The van der Waals surface area contributed by atoms with Crippen molar-refractivity contribution in [3.05, 3.63) is 69.4 Å². The number of fused-ring (bicyclic) bond motifs is 3. The zero-order valence-electron chi connectivity index (χ0n) is 14.2. The van der Waals surface area contributed by atoms with Crippen molar-refractivity contribution < 1.29 is 9.18 Å². The van der Waals surface area contributed by atoms with Gasteiger partial charge in [-0.05, 0) is 42.8 Å². The van der Waals surface area contributed by atoms with Crippen molar-refractivity contribution in [2.75, 3.05) is 5.32 Å². The van der Waals surface area contributed by atoms with Crippen molar-refractivity contribution in [2.24, 2.45) is 0 Å². The third-order valence-electron chi connectivity index (χ3n) is 4.31. The lowest BCUT2D eigenvalue weighted by Gasteiger charge is -2.06. The van der Waals surface area contributed by atoms with Crippen molar-refractivity contribution in [1.82, 2.24) is 14.8 Å². The van der Waals surface area contributed by atoms with Gasteiger partial charge in [0.25, 0.3) is 5.56 Å². The Balaban J connectivity index is 1.67. The van der Waals surface area contributed by atoms with Crippen LogP contribution >= 0.6 is 11.6 Å². The quantitative estimate of drug-likeness (QED) is 0.566. The van der Waals surface area contributed by atoms with E-state index in [1.54, 1.807) is 37.3 Å². The predicted octanol–water partition coefficient (Wildman–Crippen LogP) is 3.62. The van der Waals surface area contributed by atoms with Crippen LogP contribution in [0.15, 0.2) is 47.4 Å². The van der Waals surface area contributed by atoms with Crippen LogP contribution in [0.3, 0.4) is 0 Å². The minimum atomic E-state index is -0.456. The summed E-state index contributed by atoms with van der Waals surface area (Å²) in [5, 5.41) is 7.09. The first-order chi connectivity index (χ1) is 12.9. The molecule has 2 aromatic carbocycles. The molecule has 136 valence electrons. The summed E-state index contributed by atoms with van der Waals surface area (Å²) in [6, 6.07) is 9.59. The van der Waals surface area contributed by atoms with E-state index in [9.17, 15) is 14.0 Å². The monoisotopic (exact) mass is 384 g/mol. The van der Waals surface area contributed by atoms with Gasteiger partial charge < -0.3 is 5.32 Å². The molecule has 0 bridgehead atoms. The van der Waals surface area contributed by atoms with Gasteiger partial charge in [-0.3, -0.25) is 19.7 Å². The molecular formula is C19H14ClFN4O2. The van der Waals surface area contributed by atoms with E-state index in [0.29, 0.717) is 38.1 Å². The van der Waals surface area contributed by atoms with Gasteiger partial charge in [-0.25, -0.2) is 9.07 Å². The molecule has 0 aliphatic heterocycles. The van der Waals surface area contributed by atoms with Crippen LogP contribution in [0, 0.1) is 12.7 Å². The third-order valence-corrected chi connectivity index (χ3v) is 4.54. The number of anilines is 1. The molecule has 2 heterocycles. The summed E-state index contributed by atoms with van der Waals surface area (Å²) in [7, 11) is 0. The Morgan fingerprint density at radius 2 is 2.07 bits per heavy atom. The Labute approximate surface area is 157 Å². The number of hydrogen-bond acceptors (Lipinski definition) is 3. The van der Waals surface area contributed by atoms with Crippen LogP contribution in [-0.4, -0.2) is 20.7 Å². The zero-order valence-corrected chi connectivity index (χ0v) is 15.0. The van der Waals surface area contributed by atoms with Gasteiger partial charge >= 0.3 is 0 Å². The molecule has 0 saturated heterocycles. The molecule has 4 aromatic rings. The average molecular weight is 385 g/mol. The third kappa shape index (κ3) is 3.17. The number of rotatable bonds is 3. The number of pyridine rings is 1. The lowest BCUT2D eigenvalue weighted by molar-refractivity contribution is -0.116. The Bertz CT molecular complexity index is 1260. The number of hydrogen-bond donors (Lipinski definition) is 2. The summed E-state index contributed by atoms with van der Waals surface area (Å²) in [6.07, 6.45) is 1.47. The zero-order chi connectivity index (χ0) is 19.1. The number of H-pyrrole nitrogens is 1. The van der Waals surface area contributed by atoms with Gasteiger partial charge in [0.1, 0.15) is 12.4 Å². The van der Waals surface area contributed by atoms with Crippen molar-refractivity contribution in [3.8, 4) is 0 Å². The van der Waals surface area contributed by atoms with E-state index in [-0.39, 0.29) is 12.1 Å². The Morgan fingerprint density at radius 1 is 1.26 bits per heavy atom. The summed E-state index contributed by atoms with van der Waals surface area (Å²) >= 11 is 6.04. The lowest BCUT2D eigenvalue weighted by Crippen LogP contribution is -2.26. The molecule has 0 saturated carbocycles. The van der Waals surface area contributed by atoms with E-state index in [4.69, 9.17) is 11.6 Å². The maximum atomic E-state index is 13.6. The highest BCUT2D eigenvalue weighted by Crippen LogP contribution is 2.23. The van der Waals surface area contributed by atoms with Crippen molar-refractivity contribution in [3.63, 3.8) is 0 Å². The number of carbonyl (C=O) groups is 1. The van der Waals surface area contributed by atoms with Crippen LogP contribution in [0.2, 0.25) is 5.02 Å². The maximum Gasteiger partial charge on any atom is 0.276 e. The molecule has 0 aliphatic rings. The smallest absolute Gasteiger partial charge is 0.276 e. The van der Waals surface area contributed by atoms with E-state index in [0.717, 1.165) is 0 Å². The topological polar surface area (TPSA) is 79.8 Å². The first-order valence-electron chi connectivity index (χ1n) is 8.15. The molecule has 4 rings (SSSR count). The molecule has 1 amide bonds. The summed E-state index contributed by atoms with van der Waals surface area (Å²) in [6.45, 7) is 1.39. The molecule has 0 aliphatic carbocycles. The van der Waals surface area contributed by atoms with Gasteiger partial charge in [-0.1, -0.05) is 17.7 Å². The number of aromatic amines is 1. The second-order valence-corrected chi connectivity index (χ2v) is 6.66. The average Bonchev–Trinajstić information content (AvgIpc) is 2.94. The molecule has 0 spiro atoms. The second-order valence-electron chi connectivity index (χ2n) is 6.22. The molecule has 8 heteroatoms. The number of carbonyl (C=O) groups excluding carboxylic acids is 1. The van der Waals surface area contributed by atoms with Crippen molar-refractivity contribution >= 4 is 45.0 Å². The summed E-state index contributed by atoms with van der Waals surface area (Å²) in [4.78, 5) is 29.1. The highest BCUT2D eigenvalue weighted by Gasteiger charge is 2.14. The first-order valence-corrected chi connectivity index (χ1v) is 8.53. The summed E-state index contributed by atoms with van der Waals surface area (Å²) < 4.78 is 14.8. The number of aromatic nitrogens is 3. The molecular weight excluding hydrogens is 371 g/mol. The van der Waals surface area contributed by atoms with Crippen LogP contribution in [0.1, 0.15) is 5.56 Å². The van der Waals surface area contributed by atoms with E-state index in [2.05, 4.69) is 15.4 Å². The number of halogens is 2. The van der Waals surface area contributed by atoms with Crippen LogP contribution in [0.25, 0.3) is 21.8 Å². The molecule has 0 fully saturated rings. The van der Waals surface area contributed by atoms with Crippen molar-refractivity contribution in [2.45, 2.75) is 13.5 Å². The van der Waals surface area contributed by atoms with Crippen LogP contribution in [0.4, 0.5) is 10.1 Å². The number of benzene rings is 2. The summed E-state index contributed by atoms with van der Waals surface area (Å²) in [5.41, 5.74) is 1.68. The maximum absolute atomic E-state index is 13.6. The van der Waals surface area contributed by atoms with Gasteiger partial charge in [-0.15, -0.1) is 0 Å². The number of nitrogens with one attached hydrogen (secondary N) is 2. The largest absolute Gasteiger partial charge is 0.324 e. The van der Waals surface area contributed by atoms with Crippen LogP contribution < -0.4 is 10.9 Å². The number of amides is 1. The molecule has 0 radical (unpaired) electrons. The SMILES string of the molecule is Cc1ccc(NC(=O)Cn2[nH]c3c(cnc4ccc(Cl)cc43)c2=O)cc1F. The molecule has 6 nitrogen and oxygen atoms in total. The van der Waals surface area contributed by atoms with Gasteiger partial charge in [-0.2, -0.15) is 0 Å². The second kappa shape index (κ2) is 6.51. The first kappa shape index (κ1) is 17.2. The van der Waals surface area contributed by atoms with Gasteiger partial charge in [0.15, 0.2) is 0 Å². The van der Waals surface area contributed by atoms with E-state index >= 15 is 0 Å². The van der Waals surface area contributed by atoms with E-state index < -0.39 is 11.7 Å². The number of aryl methyl sites for hydroxylation is 1. The Kier molecular flexibility index (Phi) is 4.16. The fourth-order valence-electron chi connectivity index (χ4n) is 2.90. The minimum Gasteiger partial charge on any atom is -0.324 e. The number of nitrogens with zero attached hydrogens (tertiary/aromatic N) is 2. The molecule has 2 N–H and O–H groups in total. The van der Waals surface area contributed by atoms with Gasteiger partial charge in [0.2, 0.25) is 5.91 Å². The molecule has 0 unspecified atom stereocenters. The fraction of sp³-hybridized carbons (Fsp3) is 0.105. The lowest BCUT2D eigenvalue weighted by atomic mass is 10.2. The predicted molar refractivity (Wildman–Crippen MR) is 103 cm³/mol. The summed E-state index contributed by atoms with van der Waals surface area (Å²) in [5.74, 6) is -0.868. The van der Waals surface area contributed by atoms with Crippen LogP contribution in [0.5, 0.6) is 0 Å².